The number of aromatic amines is 1. The fourth-order valence-electron chi connectivity index (χ4n) is 1.47. The van der Waals surface area contributed by atoms with E-state index in [4.69, 9.17) is 9.26 Å². The van der Waals surface area contributed by atoms with Crippen LogP contribution < -0.4 is 10.3 Å². The number of nitrogens with one attached hydrogen (secondary N) is 1. The van der Waals surface area contributed by atoms with Crippen LogP contribution >= 0.6 is 11.7 Å². The van der Waals surface area contributed by atoms with Gasteiger partial charge in [0.25, 0.3) is 5.56 Å². The number of rotatable bonds is 5. The summed E-state index contributed by atoms with van der Waals surface area (Å²) in [5.41, 5.74) is 0.623. The van der Waals surface area contributed by atoms with Gasteiger partial charge in [0.1, 0.15) is 11.5 Å². The van der Waals surface area contributed by atoms with Gasteiger partial charge < -0.3 is 9.26 Å². The van der Waals surface area contributed by atoms with Crippen molar-refractivity contribution in [3.63, 3.8) is 0 Å². The van der Waals surface area contributed by atoms with Gasteiger partial charge in [0.2, 0.25) is 5.88 Å². The van der Waals surface area contributed by atoms with Crippen LogP contribution in [-0.2, 0) is 0 Å². The predicted octanol–water partition coefficient (Wildman–Crippen LogP) is 2.13. The lowest BCUT2D eigenvalue weighted by molar-refractivity contribution is 0.256. The van der Waals surface area contributed by atoms with Crippen molar-refractivity contribution in [3.8, 4) is 5.88 Å². The lowest BCUT2D eigenvalue weighted by Crippen LogP contribution is -2.08. The van der Waals surface area contributed by atoms with Crippen LogP contribution in [-0.4, -0.2) is 20.5 Å². The summed E-state index contributed by atoms with van der Waals surface area (Å²) in [7, 11) is 0. The van der Waals surface area contributed by atoms with Crippen LogP contribution in [0.4, 0.5) is 0 Å². The maximum absolute atomic E-state index is 11.0. The fraction of sp³-hybridized carbons (Fsp3) is 0.545. The van der Waals surface area contributed by atoms with E-state index in [0.717, 1.165) is 17.4 Å². The number of hydrogen-bond acceptors (Lipinski definition) is 6. The Bertz CT molecular complexity index is 558. The van der Waals surface area contributed by atoms with Crippen LogP contribution in [0.3, 0.4) is 0 Å². The summed E-state index contributed by atoms with van der Waals surface area (Å²) in [6.45, 7) is 6.39. The average Bonchev–Trinajstić information content (AvgIpc) is 2.94. The zero-order valence-electron chi connectivity index (χ0n) is 10.5. The van der Waals surface area contributed by atoms with Crippen molar-refractivity contribution >= 4 is 11.7 Å². The molecule has 98 valence electrons. The van der Waals surface area contributed by atoms with Crippen LogP contribution in [0.15, 0.2) is 15.4 Å². The topological polar surface area (TPSA) is 81.0 Å². The Kier molecular flexibility index (Phi) is 3.81. The van der Waals surface area contributed by atoms with Gasteiger partial charge in [-0.1, -0.05) is 20.8 Å². The van der Waals surface area contributed by atoms with E-state index in [1.54, 1.807) is 0 Å². The second-order valence-corrected chi connectivity index (χ2v) is 4.96. The molecular weight excluding hydrogens is 254 g/mol. The lowest BCUT2D eigenvalue weighted by Gasteiger charge is -2.10. The first kappa shape index (κ1) is 12.8. The van der Waals surface area contributed by atoms with Crippen molar-refractivity contribution in [3.05, 3.63) is 27.9 Å². The molecule has 2 rings (SSSR count). The first-order chi connectivity index (χ1) is 8.58. The third-order valence-electron chi connectivity index (χ3n) is 2.53. The van der Waals surface area contributed by atoms with Crippen LogP contribution in [0.2, 0.25) is 0 Å². The highest BCUT2D eigenvalue weighted by Crippen LogP contribution is 2.25. The fourth-order valence-corrected chi connectivity index (χ4v) is 2.10. The summed E-state index contributed by atoms with van der Waals surface area (Å²) in [6, 6.07) is 1.43. The minimum Gasteiger partial charge on any atom is -0.475 e. The second kappa shape index (κ2) is 5.34. The molecule has 2 heterocycles. The van der Waals surface area contributed by atoms with E-state index < -0.39 is 0 Å². The van der Waals surface area contributed by atoms with Crippen molar-refractivity contribution in [1.82, 2.24) is 13.9 Å². The Labute approximate surface area is 108 Å². The number of nitrogens with zero attached hydrogens (tertiary/aromatic N) is 2. The molecule has 2 aromatic heterocycles. The van der Waals surface area contributed by atoms with Gasteiger partial charge in [-0.3, -0.25) is 4.79 Å². The van der Waals surface area contributed by atoms with Gasteiger partial charge in [-0.15, -0.1) is 4.37 Å². The van der Waals surface area contributed by atoms with Crippen LogP contribution in [0.25, 0.3) is 0 Å². The number of hydrogen-bond donors (Lipinski definition) is 1. The quantitative estimate of drug-likeness (QED) is 0.899. The molecule has 0 spiro atoms. The van der Waals surface area contributed by atoms with E-state index in [2.05, 4.69) is 13.9 Å². The standard InChI is InChI=1S/C11H15N3O3S/c1-6(2)10-11(14-18-13-10)16-5-7(3)8-4-9(15)12-17-8/h4,6-7H,5H2,1-3H3,(H,12,15). The van der Waals surface area contributed by atoms with Crippen LogP contribution in [0, 0.1) is 0 Å². The van der Waals surface area contributed by atoms with Gasteiger partial charge in [-0.2, -0.15) is 9.53 Å². The molecule has 1 unspecified atom stereocenters. The molecule has 0 aromatic carbocycles. The number of aromatic nitrogens is 3. The molecule has 6 nitrogen and oxygen atoms in total. The molecule has 0 saturated heterocycles. The van der Waals surface area contributed by atoms with Crippen LogP contribution in [0.5, 0.6) is 5.88 Å². The molecule has 0 aliphatic heterocycles. The first-order valence-corrected chi connectivity index (χ1v) is 6.44. The second-order valence-electron chi connectivity index (χ2n) is 4.44. The molecule has 1 N–H and O–H groups in total. The minimum atomic E-state index is -0.241. The highest BCUT2D eigenvalue weighted by Gasteiger charge is 2.16. The molecule has 1 atom stereocenters. The van der Waals surface area contributed by atoms with E-state index in [1.165, 1.54) is 6.07 Å². The Balaban J connectivity index is 1.99. The van der Waals surface area contributed by atoms with Gasteiger partial charge in [0.05, 0.1) is 24.3 Å². The van der Waals surface area contributed by atoms with Crippen molar-refractivity contribution in [2.75, 3.05) is 6.61 Å². The Hall–Kier alpha value is -1.63. The van der Waals surface area contributed by atoms with Gasteiger partial charge in [0.15, 0.2) is 0 Å². The third kappa shape index (κ3) is 2.79. The van der Waals surface area contributed by atoms with E-state index in [1.807, 2.05) is 20.8 Å². The van der Waals surface area contributed by atoms with E-state index >= 15 is 0 Å². The van der Waals surface area contributed by atoms with Crippen molar-refractivity contribution in [2.24, 2.45) is 0 Å². The molecule has 7 heteroatoms. The lowest BCUT2D eigenvalue weighted by atomic mass is 10.1. The molecule has 18 heavy (non-hydrogen) atoms. The predicted molar refractivity (Wildman–Crippen MR) is 67.2 cm³/mol. The van der Waals surface area contributed by atoms with Crippen LogP contribution in [0.1, 0.15) is 44.1 Å². The van der Waals surface area contributed by atoms with Gasteiger partial charge in [-0.05, 0) is 0 Å². The third-order valence-corrected chi connectivity index (χ3v) is 3.05. The monoisotopic (exact) mass is 269 g/mol. The Morgan fingerprint density at radius 1 is 1.44 bits per heavy atom. The van der Waals surface area contributed by atoms with E-state index in [-0.39, 0.29) is 17.4 Å². The first-order valence-electron chi connectivity index (χ1n) is 5.71. The minimum absolute atomic E-state index is 0.0225. The highest BCUT2D eigenvalue weighted by molar-refractivity contribution is 6.99. The normalized spacial score (nSPS) is 12.9. The average molecular weight is 269 g/mol. The Morgan fingerprint density at radius 3 is 2.83 bits per heavy atom. The van der Waals surface area contributed by atoms with Crippen molar-refractivity contribution < 1.29 is 9.26 Å². The molecule has 0 aliphatic carbocycles. The Morgan fingerprint density at radius 2 is 2.22 bits per heavy atom. The summed E-state index contributed by atoms with van der Waals surface area (Å²) in [5, 5.41) is 2.26. The van der Waals surface area contributed by atoms with Gasteiger partial charge >= 0.3 is 0 Å². The smallest absolute Gasteiger partial charge is 0.280 e. The molecule has 2 aromatic rings. The molecule has 0 aliphatic rings. The summed E-state index contributed by atoms with van der Waals surface area (Å²) >= 11 is 1.14. The van der Waals surface area contributed by atoms with Crippen molar-refractivity contribution in [2.45, 2.75) is 32.6 Å². The van der Waals surface area contributed by atoms with E-state index in [9.17, 15) is 4.79 Å². The molecule has 0 radical (unpaired) electrons. The SMILES string of the molecule is CC(C)c1nsnc1OCC(C)c1cc(=O)[nH]o1. The maximum Gasteiger partial charge on any atom is 0.280 e. The zero-order valence-corrected chi connectivity index (χ0v) is 11.3. The molecule has 0 amide bonds. The van der Waals surface area contributed by atoms with E-state index in [0.29, 0.717) is 18.2 Å². The summed E-state index contributed by atoms with van der Waals surface area (Å²) in [5.74, 6) is 1.40. The highest BCUT2D eigenvalue weighted by atomic mass is 32.1. The van der Waals surface area contributed by atoms with Gasteiger partial charge in [0, 0.05) is 12.0 Å². The number of ether oxygens (including phenoxy) is 1. The zero-order chi connectivity index (χ0) is 13.1. The number of H-pyrrole nitrogens is 1. The summed E-state index contributed by atoms with van der Waals surface area (Å²) in [4.78, 5) is 11.0. The largest absolute Gasteiger partial charge is 0.475 e. The molecular formula is C11H15N3O3S. The van der Waals surface area contributed by atoms with Crippen molar-refractivity contribution in [1.29, 1.82) is 0 Å². The molecule has 0 saturated carbocycles. The van der Waals surface area contributed by atoms with Gasteiger partial charge in [-0.25, -0.2) is 0 Å². The summed E-state index contributed by atoms with van der Waals surface area (Å²) < 4.78 is 19.0. The molecule has 0 bridgehead atoms. The summed E-state index contributed by atoms with van der Waals surface area (Å²) in [6.07, 6.45) is 0. The maximum atomic E-state index is 11.0. The molecule has 0 fully saturated rings.